The van der Waals surface area contributed by atoms with Crippen LogP contribution < -0.4 is 16.4 Å². The molecule has 0 fully saturated rings. The highest BCUT2D eigenvalue weighted by Gasteiger charge is 2.14. The molecule has 0 saturated carbocycles. The first-order valence-electron chi connectivity index (χ1n) is 6.52. The second kappa shape index (κ2) is 7.77. The van der Waals surface area contributed by atoms with Crippen LogP contribution in [-0.2, 0) is 0 Å². The predicted molar refractivity (Wildman–Crippen MR) is 83.0 cm³/mol. The molecule has 0 aliphatic heterocycles. The third-order valence-corrected chi connectivity index (χ3v) is 2.34. The Balaban J connectivity index is 0.00000137. The molecule has 0 aliphatic rings. The molecule has 0 aliphatic carbocycles. The maximum absolute atomic E-state index is 5.93. The van der Waals surface area contributed by atoms with Crippen LogP contribution in [0.4, 0.5) is 11.4 Å². The van der Waals surface area contributed by atoms with Gasteiger partial charge in [0.15, 0.2) is 0 Å². The largest absolute Gasteiger partial charge is 0.385 e. The number of rotatable bonds is 5. The second-order valence-electron chi connectivity index (χ2n) is 4.43. The van der Waals surface area contributed by atoms with Crippen LogP contribution in [-0.4, -0.2) is 12.1 Å². The summed E-state index contributed by atoms with van der Waals surface area (Å²) >= 11 is 0. The van der Waals surface area contributed by atoms with Crippen molar-refractivity contribution in [2.45, 2.75) is 40.2 Å². The van der Waals surface area contributed by atoms with Crippen LogP contribution in [0.15, 0.2) is 36.5 Å². The van der Waals surface area contributed by atoms with Gasteiger partial charge in [0, 0.05) is 29.2 Å². The lowest BCUT2D eigenvalue weighted by atomic mass is 10.0. The van der Waals surface area contributed by atoms with E-state index in [0.717, 1.165) is 23.6 Å². The van der Waals surface area contributed by atoms with Crippen LogP contribution >= 0.6 is 0 Å². The van der Waals surface area contributed by atoms with Crippen LogP contribution in [0.1, 0.15) is 34.6 Å². The van der Waals surface area contributed by atoms with Gasteiger partial charge in [0.2, 0.25) is 0 Å². The van der Waals surface area contributed by atoms with E-state index in [4.69, 9.17) is 5.73 Å². The molecule has 18 heavy (non-hydrogen) atoms. The maximum atomic E-state index is 5.93. The first kappa shape index (κ1) is 16.5. The van der Waals surface area contributed by atoms with E-state index in [0.29, 0.717) is 0 Å². The van der Waals surface area contributed by atoms with E-state index in [2.05, 4.69) is 24.1 Å². The molecule has 0 unspecified atom stereocenters. The molecular formula is C15H27N3. The van der Waals surface area contributed by atoms with Gasteiger partial charge in [-0.15, -0.1) is 0 Å². The first-order chi connectivity index (χ1) is 8.43. The highest BCUT2D eigenvalue weighted by Crippen LogP contribution is 2.18. The van der Waals surface area contributed by atoms with E-state index in [1.807, 2.05) is 52.0 Å². The highest BCUT2D eigenvalue weighted by atomic mass is 14.9. The zero-order chi connectivity index (χ0) is 14.2. The van der Waals surface area contributed by atoms with Crippen molar-refractivity contribution < 1.29 is 0 Å². The molecule has 3 heteroatoms. The number of hydrogen-bond donors (Lipinski definition) is 3. The van der Waals surface area contributed by atoms with Gasteiger partial charge >= 0.3 is 0 Å². The minimum absolute atomic E-state index is 0.416. The molecule has 0 saturated heterocycles. The van der Waals surface area contributed by atoms with Gasteiger partial charge in [-0.1, -0.05) is 20.4 Å². The van der Waals surface area contributed by atoms with Crippen LogP contribution in [0.5, 0.6) is 0 Å². The maximum Gasteiger partial charge on any atom is 0.0498 e. The zero-order valence-corrected chi connectivity index (χ0v) is 12.3. The smallest absolute Gasteiger partial charge is 0.0498 e. The normalized spacial score (nSPS) is 10.1. The Morgan fingerprint density at radius 3 is 2.00 bits per heavy atom. The molecule has 1 aromatic carbocycles. The first-order valence-corrected chi connectivity index (χ1v) is 6.52. The lowest BCUT2D eigenvalue weighted by Crippen LogP contribution is -2.37. The van der Waals surface area contributed by atoms with Crippen LogP contribution in [0.25, 0.3) is 0 Å². The number of hydrogen-bond acceptors (Lipinski definition) is 3. The molecule has 0 heterocycles. The van der Waals surface area contributed by atoms with Crippen molar-refractivity contribution in [3.8, 4) is 0 Å². The Morgan fingerprint density at radius 2 is 1.61 bits per heavy atom. The molecule has 0 aromatic heterocycles. The quantitative estimate of drug-likeness (QED) is 0.744. The highest BCUT2D eigenvalue weighted by molar-refractivity contribution is 5.56. The van der Waals surface area contributed by atoms with E-state index in [9.17, 15) is 0 Å². The van der Waals surface area contributed by atoms with Crippen molar-refractivity contribution >= 4 is 11.4 Å². The Morgan fingerprint density at radius 1 is 1.17 bits per heavy atom. The van der Waals surface area contributed by atoms with E-state index < -0.39 is 5.54 Å². The van der Waals surface area contributed by atoms with Gasteiger partial charge in [0.25, 0.3) is 0 Å². The fourth-order valence-electron chi connectivity index (χ4n) is 1.21. The van der Waals surface area contributed by atoms with Crippen molar-refractivity contribution in [1.82, 2.24) is 0 Å². The minimum Gasteiger partial charge on any atom is -0.385 e. The summed E-state index contributed by atoms with van der Waals surface area (Å²) in [6.45, 7) is 14.8. The lowest BCUT2D eigenvalue weighted by Gasteiger charge is -2.23. The number of anilines is 2. The molecule has 0 spiro atoms. The minimum atomic E-state index is -0.416. The summed E-state index contributed by atoms with van der Waals surface area (Å²) in [5.74, 6) is 0. The Kier molecular flexibility index (Phi) is 7.13. The summed E-state index contributed by atoms with van der Waals surface area (Å²) in [4.78, 5) is 0. The molecule has 0 bridgehead atoms. The standard InChI is InChI=1S/C13H21N3.C2H6/c1-5-15-11-6-8-12(9-7-11)16-10(2)13(3,4)14;1-2/h6-9,15-16H,2,5,14H2,1,3-4H3;1-2H3. The molecular weight excluding hydrogens is 222 g/mol. The average molecular weight is 249 g/mol. The van der Waals surface area contributed by atoms with Gasteiger partial charge in [0.05, 0.1) is 0 Å². The number of benzene rings is 1. The molecule has 1 aromatic rings. The Hall–Kier alpha value is -1.48. The Labute approximate surface area is 111 Å². The summed E-state index contributed by atoms with van der Waals surface area (Å²) in [5.41, 5.74) is 8.44. The van der Waals surface area contributed by atoms with E-state index in [1.165, 1.54) is 0 Å². The fraction of sp³-hybridized carbons (Fsp3) is 0.467. The molecule has 3 nitrogen and oxygen atoms in total. The van der Waals surface area contributed by atoms with Crippen molar-refractivity contribution in [3.63, 3.8) is 0 Å². The van der Waals surface area contributed by atoms with E-state index in [-0.39, 0.29) is 0 Å². The van der Waals surface area contributed by atoms with Crippen molar-refractivity contribution in [1.29, 1.82) is 0 Å². The summed E-state index contributed by atoms with van der Waals surface area (Å²) < 4.78 is 0. The molecule has 0 amide bonds. The zero-order valence-electron chi connectivity index (χ0n) is 12.3. The topological polar surface area (TPSA) is 50.1 Å². The van der Waals surface area contributed by atoms with Crippen LogP contribution in [0.3, 0.4) is 0 Å². The van der Waals surface area contributed by atoms with Crippen molar-refractivity contribution in [3.05, 3.63) is 36.5 Å². The SMILES string of the molecule is C=C(Nc1ccc(NCC)cc1)C(C)(C)N.CC. The molecule has 0 atom stereocenters. The summed E-state index contributed by atoms with van der Waals surface area (Å²) in [7, 11) is 0. The van der Waals surface area contributed by atoms with Gasteiger partial charge in [-0.25, -0.2) is 0 Å². The van der Waals surface area contributed by atoms with Crippen LogP contribution in [0.2, 0.25) is 0 Å². The van der Waals surface area contributed by atoms with Crippen molar-refractivity contribution in [2.75, 3.05) is 17.2 Å². The van der Waals surface area contributed by atoms with Gasteiger partial charge in [-0.3, -0.25) is 0 Å². The summed E-state index contributed by atoms with van der Waals surface area (Å²) in [6.07, 6.45) is 0. The second-order valence-corrected chi connectivity index (χ2v) is 4.43. The fourth-order valence-corrected chi connectivity index (χ4v) is 1.21. The summed E-state index contributed by atoms with van der Waals surface area (Å²) in [6, 6.07) is 8.08. The monoisotopic (exact) mass is 249 g/mol. The lowest BCUT2D eigenvalue weighted by molar-refractivity contribution is 0.617. The summed E-state index contributed by atoms with van der Waals surface area (Å²) in [5, 5.41) is 6.45. The van der Waals surface area contributed by atoms with Crippen molar-refractivity contribution in [2.24, 2.45) is 5.73 Å². The van der Waals surface area contributed by atoms with E-state index >= 15 is 0 Å². The van der Waals surface area contributed by atoms with Gasteiger partial charge < -0.3 is 16.4 Å². The van der Waals surface area contributed by atoms with Crippen LogP contribution in [0, 0.1) is 0 Å². The molecule has 102 valence electrons. The number of nitrogens with two attached hydrogens (primary N) is 1. The molecule has 4 N–H and O–H groups in total. The van der Waals surface area contributed by atoms with Gasteiger partial charge in [-0.05, 0) is 45.0 Å². The van der Waals surface area contributed by atoms with Gasteiger partial charge in [-0.2, -0.15) is 0 Å². The number of nitrogens with one attached hydrogen (secondary N) is 2. The third-order valence-electron chi connectivity index (χ3n) is 2.34. The molecule has 0 radical (unpaired) electrons. The van der Waals surface area contributed by atoms with Gasteiger partial charge in [0.1, 0.15) is 0 Å². The Bertz CT molecular complexity index is 347. The predicted octanol–water partition coefficient (Wildman–Crippen LogP) is 3.81. The average Bonchev–Trinajstić information content (AvgIpc) is 2.33. The van der Waals surface area contributed by atoms with E-state index in [1.54, 1.807) is 0 Å². The third kappa shape index (κ3) is 5.73. The molecule has 1 rings (SSSR count).